The van der Waals surface area contributed by atoms with Crippen molar-refractivity contribution >= 4 is 0 Å². The molecule has 0 aromatic rings. The highest BCUT2D eigenvalue weighted by atomic mass is 15.3. The minimum atomic E-state index is 1.25. The fourth-order valence-corrected chi connectivity index (χ4v) is 2.42. The lowest BCUT2D eigenvalue weighted by Crippen LogP contribution is -2.48. The molecule has 0 radical (unpaired) electrons. The van der Waals surface area contributed by atoms with Crippen molar-refractivity contribution in [2.24, 2.45) is 0 Å². The van der Waals surface area contributed by atoms with Crippen molar-refractivity contribution in [3.8, 4) is 0 Å². The van der Waals surface area contributed by atoms with Gasteiger partial charge in [0.1, 0.15) is 0 Å². The predicted octanol–water partition coefficient (Wildman–Crippen LogP) is 1.96. The number of hydrogen-bond acceptors (Lipinski definition) is 1. The average molecular weight is 199 g/mol. The third kappa shape index (κ3) is 4.43. The summed E-state index contributed by atoms with van der Waals surface area (Å²) < 4.78 is 1.34. The van der Waals surface area contributed by atoms with Gasteiger partial charge < -0.3 is 9.38 Å². The molecule has 0 aliphatic carbocycles. The van der Waals surface area contributed by atoms with Crippen molar-refractivity contribution in [1.29, 1.82) is 0 Å². The Balaban J connectivity index is 2.09. The van der Waals surface area contributed by atoms with E-state index >= 15 is 0 Å². The van der Waals surface area contributed by atoms with Crippen LogP contribution in [0.3, 0.4) is 0 Å². The molecular formula is C12H27N2+. The highest BCUT2D eigenvalue weighted by Crippen LogP contribution is 2.16. The summed E-state index contributed by atoms with van der Waals surface area (Å²) in [6, 6.07) is 0. The van der Waals surface area contributed by atoms with E-state index in [9.17, 15) is 0 Å². The molecule has 1 heterocycles. The molecule has 0 spiro atoms. The Bertz CT molecular complexity index is 148. The second-order valence-corrected chi connectivity index (χ2v) is 5.36. The molecule has 0 bridgehead atoms. The van der Waals surface area contributed by atoms with Crippen LogP contribution in [0, 0.1) is 0 Å². The lowest BCUT2D eigenvalue weighted by atomic mass is 10.1. The number of hydrogen-bond donors (Lipinski definition) is 0. The van der Waals surface area contributed by atoms with Gasteiger partial charge in [-0.05, 0) is 52.7 Å². The average Bonchev–Trinajstić information content (AvgIpc) is 2.14. The van der Waals surface area contributed by atoms with Crippen LogP contribution >= 0.6 is 0 Å². The SMILES string of the molecule is CN(C)CCCC[N+]1(C)CCCCC1. The number of quaternary nitrogens is 1. The summed E-state index contributed by atoms with van der Waals surface area (Å²) in [6.45, 7) is 5.48. The van der Waals surface area contributed by atoms with E-state index in [4.69, 9.17) is 0 Å². The Morgan fingerprint density at radius 1 is 1.00 bits per heavy atom. The van der Waals surface area contributed by atoms with Crippen LogP contribution in [0.15, 0.2) is 0 Å². The highest BCUT2D eigenvalue weighted by Gasteiger charge is 2.23. The number of piperidine rings is 1. The summed E-state index contributed by atoms with van der Waals surface area (Å²) in [5, 5.41) is 0. The van der Waals surface area contributed by atoms with Gasteiger partial charge in [0.2, 0.25) is 0 Å². The minimum absolute atomic E-state index is 1.25. The van der Waals surface area contributed by atoms with Gasteiger partial charge in [-0.3, -0.25) is 0 Å². The van der Waals surface area contributed by atoms with Gasteiger partial charge in [-0.1, -0.05) is 0 Å². The largest absolute Gasteiger partial charge is 0.326 e. The van der Waals surface area contributed by atoms with Crippen LogP contribution in [0.4, 0.5) is 0 Å². The Kier molecular flexibility index (Phi) is 4.90. The van der Waals surface area contributed by atoms with Gasteiger partial charge in [0, 0.05) is 0 Å². The third-order valence-electron chi connectivity index (χ3n) is 3.45. The van der Waals surface area contributed by atoms with Crippen LogP contribution in [0.1, 0.15) is 32.1 Å². The van der Waals surface area contributed by atoms with E-state index in [0.717, 1.165) is 0 Å². The molecule has 2 nitrogen and oxygen atoms in total. The molecule has 84 valence electrons. The topological polar surface area (TPSA) is 3.24 Å². The molecule has 2 heteroatoms. The molecule has 1 rings (SSSR count). The molecule has 0 N–H and O–H groups in total. The van der Waals surface area contributed by atoms with Crippen LogP contribution < -0.4 is 0 Å². The van der Waals surface area contributed by atoms with Gasteiger partial charge in [-0.2, -0.15) is 0 Å². The predicted molar refractivity (Wildman–Crippen MR) is 62.4 cm³/mol. The maximum atomic E-state index is 2.44. The molecular weight excluding hydrogens is 172 g/mol. The van der Waals surface area contributed by atoms with Gasteiger partial charge in [0.25, 0.3) is 0 Å². The Morgan fingerprint density at radius 3 is 2.21 bits per heavy atom. The smallest absolute Gasteiger partial charge is 0.0785 e. The quantitative estimate of drug-likeness (QED) is 0.483. The van der Waals surface area contributed by atoms with E-state index in [1.54, 1.807) is 0 Å². The fourth-order valence-electron chi connectivity index (χ4n) is 2.42. The zero-order valence-electron chi connectivity index (χ0n) is 10.3. The second kappa shape index (κ2) is 5.72. The number of nitrogens with zero attached hydrogens (tertiary/aromatic N) is 2. The van der Waals surface area contributed by atoms with Gasteiger partial charge >= 0.3 is 0 Å². The van der Waals surface area contributed by atoms with E-state index < -0.39 is 0 Å². The monoisotopic (exact) mass is 199 g/mol. The molecule has 0 aromatic carbocycles. The lowest BCUT2D eigenvalue weighted by molar-refractivity contribution is -0.914. The first-order chi connectivity index (χ1) is 6.62. The van der Waals surface area contributed by atoms with Crippen molar-refractivity contribution in [3.05, 3.63) is 0 Å². The van der Waals surface area contributed by atoms with Crippen LogP contribution in [0.25, 0.3) is 0 Å². The molecule has 0 unspecified atom stereocenters. The van der Waals surface area contributed by atoms with Gasteiger partial charge in [0.05, 0.1) is 26.7 Å². The van der Waals surface area contributed by atoms with Crippen molar-refractivity contribution in [3.63, 3.8) is 0 Å². The number of unbranched alkanes of at least 4 members (excludes halogenated alkanes) is 1. The van der Waals surface area contributed by atoms with Gasteiger partial charge in [-0.25, -0.2) is 0 Å². The zero-order valence-corrected chi connectivity index (χ0v) is 10.3. The van der Waals surface area contributed by atoms with Crippen LogP contribution in [-0.4, -0.2) is 56.7 Å². The molecule has 14 heavy (non-hydrogen) atoms. The van der Waals surface area contributed by atoms with Crippen molar-refractivity contribution in [2.45, 2.75) is 32.1 Å². The molecule has 1 aliphatic heterocycles. The summed E-state index contributed by atoms with van der Waals surface area (Å²) in [5.41, 5.74) is 0. The van der Waals surface area contributed by atoms with Gasteiger partial charge in [0.15, 0.2) is 0 Å². The van der Waals surface area contributed by atoms with Crippen LogP contribution in [0.2, 0.25) is 0 Å². The summed E-state index contributed by atoms with van der Waals surface area (Å²) in [4.78, 5) is 2.29. The Hall–Kier alpha value is -0.0800. The van der Waals surface area contributed by atoms with Crippen molar-refractivity contribution in [2.75, 3.05) is 47.3 Å². The summed E-state index contributed by atoms with van der Waals surface area (Å²) >= 11 is 0. The molecule has 0 aromatic heterocycles. The molecule has 0 saturated carbocycles. The summed E-state index contributed by atoms with van der Waals surface area (Å²) in [5.74, 6) is 0. The highest BCUT2D eigenvalue weighted by molar-refractivity contribution is 4.53. The van der Waals surface area contributed by atoms with Crippen LogP contribution in [-0.2, 0) is 0 Å². The van der Waals surface area contributed by atoms with Crippen LogP contribution in [0.5, 0.6) is 0 Å². The molecule has 1 saturated heterocycles. The molecule has 1 fully saturated rings. The van der Waals surface area contributed by atoms with Crippen molar-refractivity contribution in [1.82, 2.24) is 4.90 Å². The maximum absolute atomic E-state index is 2.44. The first kappa shape index (κ1) is 12.0. The van der Waals surface area contributed by atoms with E-state index in [-0.39, 0.29) is 0 Å². The zero-order chi connectivity index (χ0) is 10.4. The maximum Gasteiger partial charge on any atom is 0.0785 e. The third-order valence-corrected chi connectivity index (χ3v) is 3.45. The normalized spacial score (nSPS) is 21.4. The van der Waals surface area contributed by atoms with E-state index in [1.165, 1.54) is 62.8 Å². The first-order valence-corrected chi connectivity index (χ1v) is 6.11. The van der Waals surface area contributed by atoms with Gasteiger partial charge in [-0.15, -0.1) is 0 Å². The number of rotatable bonds is 5. The Labute approximate surface area is 89.5 Å². The van der Waals surface area contributed by atoms with E-state index in [1.807, 2.05) is 0 Å². The van der Waals surface area contributed by atoms with Crippen molar-refractivity contribution < 1.29 is 4.48 Å². The summed E-state index contributed by atoms with van der Waals surface area (Å²) in [7, 11) is 6.77. The summed E-state index contributed by atoms with van der Waals surface area (Å²) in [6.07, 6.45) is 7.12. The fraction of sp³-hybridized carbons (Fsp3) is 1.00. The van der Waals surface area contributed by atoms with E-state index in [2.05, 4.69) is 26.0 Å². The lowest BCUT2D eigenvalue weighted by Gasteiger charge is -2.38. The standard InChI is InChI=1S/C12H27N2/c1-13(2)9-5-8-12-14(3)10-6-4-7-11-14/h4-12H2,1-3H3/q+1. The molecule has 0 amide bonds. The van der Waals surface area contributed by atoms with E-state index in [0.29, 0.717) is 0 Å². The molecule has 0 atom stereocenters. The first-order valence-electron chi connectivity index (χ1n) is 6.11. The minimum Gasteiger partial charge on any atom is -0.326 e. The second-order valence-electron chi connectivity index (χ2n) is 5.36. The molecule has 1 aliphatic rings. The number of likely N-dealkylation sites (tertiary alicyclic amines) is 1. The Morgan fingerprint density at radius 2 is 1.64 bits per heavy atom.